The van der Waals surface area contributed by atoms with Gasteiger partial charge in [-0.3, -0.25) is 0 Å². The maximum absolute atomic E-state index is 5.35. The van der Waals surface area contributed by atoms with Gasteiger partial charge in [-0.25, -0.2) is 0 Å². The molecule has 0 radical (unpaired) electrons. The summed E-state index contributed by atoms with van der Waals surface area (Å²) in [5, 5.41) is 5.09. The topological polar surface area (TPSA) is 35.3 Å². The minimum Gasteiger partial charge on any atom is -0.493 e. The third-order valence-electron chi connectivity index (χ3n) is 2.49. The van der Waals surface area contributed by atoms with Crippen molar-refractivity contribution in [3.63, 3.8) is 0 Å². The predicted molar refractivity (Wildman–Crippen MR) is 71.6 cm³/mol. The van der Waals surface area contributed by atoms with Crippen LogP contribution in [0.2, 0.25) is 0 Å². The molecular weight excluding hydrogens is 302 g/mol. The number of halogens is 1. The number of nitrogens with zero attached hydrogens (tertiary/aromatic N) is 1. The first-order chi connectivity index (χ1) is 8.29. The smallest absolute Gasteiger partial charge is 0.209 e. The Morgan fingerprint density at radius 1 is 1.29 bits per heavy atom. The van der Waals surface area contributed by atoms with Crippen molar-refractivity contribution in [3.05, 3.63) is 34.1 Å². The fourth-order valence-corrected chi connectivity index (χ4v) is 3.10. The van der Waals surface area contributed by atoms with Gasteiger partial charge in [-0.1, -0.05) is 11.2 Å². The molecule has 3 nitrogen and oxygen atoms in total. The number of thiophene rings is 1. The minimum absolute atomic E-state index is 0.689. The first kappa shape index (κ1) is 10.8. The second-order valence-electron chi connectivity index (χ2n) is 3.47. The van der Waals surface area contributed by atoms with E-state index >= 15 is 0 Å². The zero-order chi connectivity index (χ0) is 11.8. The van der Waals surface area contributed by atoms with Gasteiger partial charge in [-0.2, -0.15) is 0 Å². The molecule has 0 unspecified atom stereocenters. The van der Waals surface area contributed by atoms with Crippen molar-refractivity contribution in [3.8, 4) is 16.3 Å². The highest BCUT2D eigenvalue weighted by molar-refractivity contribution is 9.11. The lowest BCUT2D eigenvalue weighted by molar-refractivity contribution is 0.394. The van der Waals surface area contributed by atoms with Crippen LogP contribution >= 0.6 is 27.3 Å². The van der Waals surface area contributed by atoms with Gasteiger partial charge in [0.2, 0.25) is 5.58 Å². The highest BCUT2D eigenvalue weighted by Gasteiger charge is 2.14. The molecule has 0 saturated carbocycles. The van der Waals surface area contributed by atoms with Crippen LogP contribution in [0.4, 0.5) is 0 Å². The molecule has 1 aromatic carbocycles. The summed E-state index contributed by atoms with van der Waals surface area (Å²) < 4.78 is 11.7. The van der Waals surface area contributed by atoms with Gasteiger partial charge in [0.15, 0.2) is 5.75 Å². The maximum atomic E-state index is 5.35. The summed E-state index contributed by atoms with van der Waals surface area (Å²) in [7, 11) is 1.62. The second-order valence-corrected chi connectivity index (χ2v) is 5.93. The first-order valence-corrected chi connectivity index (χ1v) is 6.58. The van der Waals surface area contributed by atoms with E-state index in [1.165, 1.54) is 0 Å². The summed E-state index contributed by atoms with van der Waals surface area (Å²) in [4.78, 5) is 1.07. The molecule has 17 heavy (non-hydrogen) atoms. The van der Waals surface area contributed by atoms with Crippen molar-refractivity contribution in [1.29, 1.82) is 0 Å². The van der Waals surface area contributed by atoms with Crippen LogP contribution in [0.25, 0.3) is 21.5 Å². The van der Waals surface area contributed by atoms with Gasteiger partial charge in [0.25, 0.3) is 0 Å². The molecule has 0 aliphatic rings. The lowest BCUT2D eigenvalue weighted by Crippen LogP contribution is -1.81. The van der Waals surface area contributed by atoms with Crippen molar-refractivity contribution < 1.29 is 9.26 Å². The first-order valence-electron chi connectivity index (χ1n) is 4.97. The zero-order valence-electron chi connectivity index (χ0n) is 8.94. The third kappa shape index (κ3) is 1.75. The number of benzene rings is 1. The average Bonchev–Trinajstić information content (AvgIpc) is 2.94. The fourth-order valence-electron chi connectivity index (χ4n) is 1.72. The van der Waals surface area contributed by atoms with E-state index in [2.05, 4.69) is 21.1 Å². The molecule has 5 heteroatoms. The summed E-state index contributed by atoms with van der Waals surface area (Å²) in [6.45, 7) is 0. The highest BCUT2D eigenvalue weighted by atomic mass is 79.9. The highest BCUT2D eigenvalue weighted by Crippen LogP contribution is 2.37. The van der Waals surface area contributed by atoms with Crippen molar-refractivity contribution >= 4 is 38.2 Å². The summed E-state index contributed by atoms with van der Waals surface area (Å²) >= 11 is 5.07. The summed E-state index contributed by atoms with van der Waals surface area (Å²) in [6.07, 6.45) is 0. The number of hydrogen-bond donors (Lipinski definition) is 0. The van der Waals surface area contributed by atoms with E-state index < -0.39 is 0 Å². The van der Waals surface area contributed by atoms with E-state index in [4.69, 9.17) is 9.26 Å². The number of rotatable bonds is 2. The predicted octanol–water partition coefficient (Wildman–Crippen LogP) is 4.33. The second kappa shape index (κ2) is 4.16. The van der Waals surface area contributed by atoms with Gasteiger partial charge in [0.1, 0.15) is 5.69 Å². The monoisotopic (exact) mass is 309 g/mol. The number of para-hydroxylation sites is 1. The molecule has 0 spiro atoms. The molecule has 0 atom stereocenters. The van der Waals surface area contributed by atoms with E-state index in [1.54, 1.807) is 18.4 Å². The molecule has 0 saturated heterocycles. The molecule has 0 amide bonds. The molecule has 86 valence electrons. The summed E-state index contributed by atoms with van der Waals surface area (Å²) in [5.74, 6) is 0.705. The molecular formula is C12H8BrNO2S. The van der Waals surface area contributed by atoms with E-state index in [1.807, 2.05) is 30.3 Å². The Balaban J connectivity index is 2.25. The van der Waals surface area contributed by atoms with Crippen molar-refractivity contribution in [1.82, 2.24) is 5.16 Å². The van der Waals surface area contributed by atoms with E-state index in [0.29, 0.717) is 11.3 Å². The largest absolute Gasteiger partial charge is 0.493 e. The minimum atomic E-state index is 0.689. The zero-order valence-corrected chi connectivity index (χ0v) is 11.3. The van der Waals surface area contributed by atoms with Gasteiger partial charge < -0.3 is 9.26 Å². The Morgan fingerprint density at radius 3 is 2.88 bits per heavy atom. The van der Waals surface area contributed by atoms with Gasteiger partial charge >= 0.3 is 0 Å². The molecule has 0 fully saturated rings. The van der Waals surface area contributed by atoms with Crippen LogP contribution in [-0.2, 0) is 0 Å². The molecule has 2 aromatic heterocycles. The van der Waals surface area contributed by atoms with Crippen LogP contribution < -0.4 is 4.74 Å². The average molecular weight is 310 g/mol. The van der Waals surface area contributed by atoms with Crippen molar-refractivity contribution in [2.24, 2.45) is 0 Å². The van der Waals surface area contributed by atoms with Crippen molar-refractivity contribution in [2.75, 3.05) is 7.11 Å². The SMILES string of the molecule is COc1cccc2c(-c3ccc(Br)s3)noc12. The number of aromatic nitrogens is 1. The lowest BCUT2D eigenvalue weighted by Gasteiger charge is -1.97. The van der Waals surface area contributed by atoms with Crippen LogP contribution in [0.1, 0.15) is 0 Å². The standard InChI is InChI=1S/C12H8BrNO2S/c1-15-8-4-2-3-7-11(14-16-12(7)8)9-5-6-10(13)17-9/h2-6H,1H3. The van der Waals surface area contributed by atoms with Gasteiger partial charge in [-0.05, 0) is 40.2 Å². The van der Waals surface area contributed by atoms with Crippen molar-refractivity contribution in [2.45, 2.75) is 0 Å². The molecule has 3 rings (SSSR count). The Labute approximate surface area is 110 Å². The third-order valence-corrected chi connectivity index (χ3v) is 4.12. The molecule has 0 N–H and O–H groups in total. The van der Waals surface area contributed by atoms with E-state index in [9.17, 15) is 0 Å². The molecule has 0 bridgehead atoms. The van der Waals surface area contributed by atoms with Gasteiger partial charge in [-0.15, -0.1) is 11.3 Å². The summed E-state index contributed by atoms with van der Waals surface area (Å²) in [5.41, 5.74) is 1.55. The normalized spacial score (nSPS) is 10.9. The number of fused-ring (bicyclic) bond motifs is 1. The Bertz CT molecular complexity index is 674. The Kier molecular flexibility index (Phi) is 2.64. The molecule has 2 heterocycles. The Morgan fingerprint density at radius 2 is 2.18 bits per heavy atom. The number of hydrogen-bond acceptors (Lipinski definition) is 4. The van der Waals surface area contributed by atoms with Gasteiger partial charge in [0, 0.05) is 0 Å². The fraction of sp³-hybridized carbons (Fsp3) is 0.0833. The number of ether oxygens (including phenoxy) is 1. The van der Waals surface area contributed by atoms with Crippen LogP contribution in [0.5, 0.6) is 5.75 Å². The quantitative estimate of drug-likeness (QED) is 0.707. The Hall–Kier alpha value is -1.33. The van der Waals surface area contributed by atoms with Gasteiger partial charge in [0.05, 0.1) is 21.2 Å². The molecule has 0 aliphatic heterocycles. The number of methoxy groups -OCH3 is 1. The molecule has 0 aliphatic carbocycles. The van der Waals surface area contributed by atoms with Crippen LogP contribution in [-0.4, -0.2) is 12.3 Å². The van der Waals surface area contributed by atoms with E-state index in [-0.39, 0.29) is 0 Å². The maximum Gasteiger partial charge on any atom is 0.209 e. The lowest BCUT2D eigenvalue weighted by atomic mass is 10.2. The van der Waals surface area contributed by atoms with E-state index in [0.717, 1.165) is 19.7 Å². The molecule has 3 aromatic rings. The van der Waals surface area contributed by atoms with Crippen LogP contribution in [0.3, 0.4) is 0 Å². The van der Waals surface area contributed by atoms with Crippen LogP contribution in [0, 0.1) is 0 Å². The summed E-state index contributed by atoms with van der Waals surface area (Å²) in [6, 6.07) is 9.80. The van der Waals surface area contributed by atoms with Crippen LogP contribution in [0.15, 0.2) is 38.6 Å².